The standard InChI is InChI=1S/C25H31N5O4/c1-33-12-13-34-22-14-19(16-26-17-22)23(15-24(31)32)30-11-9-21(29-30)6-2-5-20-8-7-18-4-3-10-27-25(18)28-20/h7-9,11,14,16-17,23H,2-6,10,12-13,15H2,1H3,(H,27,28)(H,31,32). The molecule has 180 valence electrons. The maximum atomic E-state index is 11.6. The fourth-order valence-electron chi connectivity index (χ4n) is 4.11. The van der Waals surface area contributed by atoms with Crippen molar-refractivity contribution in [2.45, 2.75) is 44.6 Å². The number of ether oxygens (including phenoxy) is 2. The first kappa shape index (κ1) is 23.7. The van der Waals surface area contributed by atoms with Gasteiger partial charge >= 0.3 is 5.97 Å². The van der Waals surface area contributed by atoms with Crippen LogP contribution in [0.1, 0.15) is 47.8 Å². The predicted octanol–water partition coefficient (Wildman–Crippen LogP) is 3.30. The first-order valence-corrected chi connectivity index (χ1v) is 11.7. The molecule has 1 aliphatic heterocycles. The molecule has 0 aromatic carbocycles. The number of nitrogens with one attached hydrogen (secondary N) is 1. The van der Waals surface area contributed by atoms with Crippen LogP contribution in [-0.4, -0.2) is 57.7 Å². The van der Waals surface area contributed by atoms with Crippen LogP contribution >= 0.6 is 0 Å². The van der Waals surface area contributed by atoms with Gasteiger partial charge in [0.25, 0.3) is 0 Å². The average Bonchev–Trinajstić information content (AvgIpc) is 3.31. The summed E-state index contributed by atoms with van der Waals surface area (Å²) in [5.74, 6) is 0.691. The van der Waals surface area contributed by atoms with E-state index in [2.05, 4.69) is 27.5 Å². The zero-order valence-electron chi connectivity index (χ0n) is 19.4. The van der Waals surface area contributed by atoms with Crippen LogP contribution in [0.5, 0.6) is 5.75 Å². The van der Waals surface area contributed by atoms with E-state index in [1.807, 2.05) is 18.3 Å². The minimum Gasteiger partial charge on any atom is -0.490 e. The smallest absolute Gasteiger partial charge is 0.305 e. The largest absolute Gasteiger partial charge is 0.490 e. The number of carbonyl (C=O) groups is 1. The number of aryl methyl sites for hydroxylation is 3. The van der Waals surface area contributed by atoms with Crippen molar-refractivity contribution >= 4 is 11.8 Å². The van der Waals surface area contributed by atoms with E-state index in [4.69, 9.17) is 14.5 Å². The number of hydrogen-bond acceptors (Lipinski definition) is 7. The molecule has 3 aromatic heterocycles. The van der Waals surface area contributed by atoms with E-state index in [1.165, 1.54) is 5.56 Å². The molecular formula is C25H31N5O4. The molecule has 0 aliphatic carbocycles. The Morgan fingerprint density at radius 1 is 1.21 bits per heavy atom. The lowest BCUT2D eigenvalue weighted by molar-refractivity contribution is -0.137. The molecule has 3 aromatic rings. The third-order valence-electron chi connectivity index (χ3n) is 5.84. The van der Waals surface area contributed by atoms with Gasteiger partial charge < -0.3 is 19.9 Å². The van der Waals surface area contributed by atoms with Gasteiger partial charge in [0.2, 0.25) is 0 Å². The summed E-state index contributed by atoms with van der Waals surface area (Å²) in [5.41, 5.74) is 4.03. The van der Waals surface area contributed by atoms with E-state index < -0.39 is 12.0 Å². The Hall–Kier alpha value is -3.46. The van der Waals surface area contributed by atoms with Gasteiger partial charge in [-0.15, -0.1) is 0 Å². The van der Waals surface area contributed by atoms with Crippen LogP contribution in [0.4, 0.5) is 5.82 Å². The molecule has 0 radical (unpaired) electrons. The van der Waals surface area contributed by atoms with Gasteiger partial charge in [-0.1, -0.05) is 6.07 Å². The van der Waals surface area contributed by atoms with Gasteiger partial charge in [-0.05, 0) is 61.4 Å². The summed E-state index contributed by atoms with van der Waals surface area (Å²) in [6.07, 6.45) is 9.81. The second kappa shape index (κ2) is 11.6. The van der Waals surface area contributed by atoms with E-state index in [9.17, 15) is 9.90 Å². The summed E-state index contributed by atoms with van der Waals surface area (Å²) in [6.45, 7) is 1.84. The van der Waals surface area contributed by atoms with E-state index in [-0.39, 0.29) is 6.42 Å². The zero-order chi connectivity index (χ0) is 23.8. The number of methoxy groups -OCH3 is 1. The lowest BCUT2D eigenvalue weighted by atomic mass is 10.1. The second-order valence-corrected chi connectivity index (χ2v) is 8.39. The first-order chi connectivity index (χ1) is 16.6. The van der Waals surface area contributed by atoms with Gasteiger partial charge in [0.1, 0.15) is 18.2 Å². The minimum absolute atomic E-state index is 0.101. The van der Waals surface area contributed by atoms with Crippen molar-refractivity contribution in [1.82, 2.24) is 19.7 Å². The Morgan fingerprint density at radius 2 is 2.09 bits per heavy atom. The quantitative estimate of drug-likeness (QED) is 0.392. The van der Waals surface area contributed by atoms with Gasteiger partial charge in [-0.3, -0.25) is 14.5 Å². The number of rotatable bonds is 12. The molecule has 0 fully saturated rings. The Labute approximate surface area is 199 Å². The molecule has 0 bridgehead atoms. The Bertz CT molecular complexity index is 1100. The van der Waals surface area contributed by atoms with Crippen molar-refractivity contribution in [2.75, 3.05) is 32.2 Å². The van der Waals surface area contributed by atoms with Crippen molar-refractivity contribution in [1.29, 1.82) is 0 Å². The fraction of sp³-hybridized carbons (Fsp3) is 0.440. The van der Waals surface area contributed by atoms with Crippen molar-refractivity contribution in [2.24, 2.45) is 0 Å². The molecule has 9 heteroatoms. The molecule has 2 N–H and O–H groups in total. The van der Waals surface area contributed by atoms with Gasteiger partial charge in [-0.25, -0.2) is 4.98 Å². The predicted molar refractivity (Wildman–Crippen MR) is 127 cm³/mol. The molecule has 0 amide bonds. The minimum atomic E-state index is -0.903. The van der Waals surface area contributed by atoms with Crippen molar-refractivity contribution in [3.8, 4) is 5.75 Å². The normalized spacial score (nSPS) is 13.7. The number of aliphatic carboxylic acids is 1. The van der Waals surface area contributed by atoms with E-state index in [0.29, 0.717) is 19.0 Å². The lowest BCUT2D eigenvalue weighted by Gasteiger charge is -2.17. The highest BCUT2D eigenvalue weighted by Crippen LogP contribution is 2.25. The molecular weight excluding hydrogens is 434 g/mol. The fourth-order valence-corrected chi connectivity index (χ4v) is 4.11. The third kappa shape index (κ3) is 6.32. The number of fused-ring (bicyclic) bond motifs is 1. The molecule has 4 heterocycles. The third-order valence-corrected chi connectivity index (χ3v) is 5.84. The summed E-state index contributed by atoms with van der Waals surface area (Å²) < 4.78 is 12.4. The van der Waals surface area contributed by atoms with Crippen molar-refractivity contribution in [3.05, 3.63) is 65.4 Å². The first-order valence-electron chi connectivity index (χ1n) is 11.7. The monoisotopic (exact) mass is 465 g/mol. The summed E-state index contributed by atoms with van der Waals surface area (Å²) in [4.78, 5) is 20.6. The van der Waals surface area contributed by atoms with Crippen LogP contribution in [0.3, 0.4) is 0 Å². The topological polar surface area (TPSA) is 111 Å². The van der Waals surface area contributed by atoms with Crippen LogP contribution in [0.2, 0.25) is 0 Å². The van der Waals surface area contributed by atoms with Crippen molar-refractivity contribution in [3.63, 3.8) is 0 Å². The summed E-state index contributed by atoms with van der Waals surface area (Å²) in [7, 11) is 1.61. The van der Waals surface area contributed by atoms with Gasteiger partial charge in [-0.2, -0.15) is 5.10 Å². The number of carboxylic acid groups (broad SMARTS) is 1. The van der Waals surface area contributed by atoms with Gasteiger partial charge in [0.15, 0.2) is 0 Å². The Kier molecular flexibility index (Phi) is 8.08. The Balaban J connectivity index is 1.40. The number of carboxylic acids is 1. The molecule has 4 rings (SSSR count). The van der Waals surface area contributed by atoms with Gasteiger partial charge in [0.05, 0.1) is 31.0 Å². The summed E-state index contributed by atoms with van der Waals surface area (Å²) in [5, 5.41) is 17.5. The maximum absolute atomic E-state index is 11.6. The Morgan fingerprint density at radius 3 is 2.94 bits per heavy atom. The molecule has 0 saturated heterocycles. The highest BCUT2D eigenvalue weighted by molar-refractivity contribution is 5.68. The van der Waals surface area contributed by atoms with E-state index in [1.54, 1.807) is 24.2 Å². The van der Waals surface area contributed by atoms with E-state index in [0.717, 1.165) is 61.4 Å². The average molecular weight is 466 g/mol. The molecule has 1 unspecified atom stereocenters. The molecule has 1 aliphatic rings. The van der Waals surface area contributed by atoms with E-state index >= 15 is 0 Å². The number of pyridine rings is 2. The highest BCUT2D eigenvalue weighted by atomic mass is 16.5. The van der Waals surface area contributed by atoms with Crippen molar-refractivity contribution < 1.29 is 19.4 Å². The number of anilines is 1. The number of aromatic nitrogens is 4. The highest BCUT2D eigenvalue weighted by Gasteiger charge is 2.20. The second-order valence-electron chi connectivity index (χ2n) is 8.39. The number of nitrogens with zero attached hydrogens (tertiary/aromatic N) is 4. The molecule has 0 saturated carbocycles. The molecule has 34 heavy (non-hydrogen) atoms. The van der Waals surface area contributed by atoms with Crippen LogP contribution < -0.4 is 10.1 Å². The summed E-state index contributed by atoms with van der Waals surface area (Å²) in [6, 6.07) is 7.58. The molecule has 0 spiro atoms. The SMILES string of the molecule is COCCOc1cncc(C(CC(=O)O)n2ccc(CCCc3ccc4c(n3)NCCC4)n2)c1. The molecule has 1 atom stereocenters. The number of hydrogen-bond donors (Lipinski definition) is 2. The van der Waals surface area contributed by atoms with Crippen LogP contribution in [0, 0.1) is 0 Å². The maximum Gasteiger partial charge on any atom is 0.305 e. The molecule has 9 nitrogen and oxygen atoms in total. The van der Waals surface area contributed by atoms with Crippen LogP contribution in [-0.2, 0) is 28.8 Å². The summed E-state index contributed by atoms with van der Waals surface area (Å²) >= 11 is 0. The van der Waals surface area contributed by atoms with Crippen LogP contribution in [0.15, 0.2) is 42.9 Å². The lowest BCUT2D eigenvalue weighted by Crippen LogP contribution is -2.16. The van der Waals surface area contributed by atoms with Gasteiger partial charge in [0, 0.05) is 31.7 Å². The van der Waals surface area contributed by atoms with Crippen LogP contribution in [0.25, 0.3) is 0 Å². The zero-order valence-corrected chi connectivity index (χ0v) is 19.4.